The maximum atomic E-state index is 11.8. The first-order chi connectivity index (χ1) is 9.67. The van der Waals surface area contributed by atoms with Crippen LogP contribution in [0.25, 0.3) is 0 Å². The third-order valence-electron chi connectivity index (χ3n) is 3.56. The van der Waals surface area contributed by atoms with Gasteiger partial charge in [0.05, 0.1) is 13.2 Å². The minimum Gasteiger partial charge on any atom is -0.464 e. The molecule has 0 spiro atoms. The first kappa shape index (κ1) is 12.8. The maximum Gasteiger partial charge on any atom is 0.358 e. The van der Waals surface area contributed by atoms with E-state index in [1.165, 1.54) is 7.11 Å². The van der Waals surface area contributed by atoms with E-state index >= 15 is 0 Å². The van der Waals surface area contributed by atoms with Gasteiger partial charge in [0.2, 0.25) is 5.91 Å². The quantitative estimate of drug-likeness (QED) is 0.803. The summed E-state index contributed by atoms with van der Waals surface area (Å²) >= 11 is 0. The number of aromatic nitrogens is 2. The molecule has 106 valence electrons. The standard InChI is InChI=1S/C13H16N4O3/c1-20-13(19)10-4-5-11(16-15-10)14-8-6-12(18)17(7-8)9-2-3-9/h4-5,8-9H,2-3,6-7H2,1H3,(H,14,16). The number of carbonyl (C=O) groups excluding carboxylic acids is 2. The summed E-state index contributed by atoms with van der Waals surface area (Å²) in [7, 11) is 1.30. The number of rotatable bonds is 4. The number of nitrogens with one attached hydrogen (secondary N) is 1. The van der Waals surface area contributed by atoms with Gasteiger partial charge in [0, 0.05) is 19.0 Å². The Morgan fingerprint density at radius 1 is 1.40 bits per heavy atom. The van der Waals surface area contributed by atoms with E-state index in [2.05, 4.69) is 20.3 Å². The number of esters is 1. The molecule has 0 bridgehead atoms. The van der Waals surface area contributed by atoms with Crippen LogP contribution >= 0.6 is 0 Å². The van der Waals surface area contributed by atoms with E-state index in [4.69, 9.17) is 0 Å². The van der Waals surface area contributed by atoms with Gasteiger partial charge in [-0.25, -0.2) is 4.79 Å². The van der Waals surface area contributed by atoms with E-state index in [0.29, 0.717) is 24.8 Å². The third-order valence-corrected chi connectivity index (χ3v) is 3.56. The number of hydrogen-bond acceptors (Lipinski definition) is 6. The van der Waals surface area contributed by atoms with Gasteiger partial charge in [-0.15, -0.1) is 10.2 Å². The second-order valence-electron chi connectivity index (χ2n) is 5.12. The van der Waals surface area contributed by atoms with Crippen molar-refractivity contribution in [1.82, 2.24) is 15.1 Å². The minimum absolute atomic E-state index is 0.0568. The highest BCUT2D eigenvalue weighted by atomic mass is 16.5. The molecule has 1 N–H and O–H groups in total. The van der Waals surface area contributed by atoms with Crippen molar-refractivity contribution in [2.45, 2.75) is 31.3 Å². The highest BCUT2D eigenvalue weighted by Gasteiger charge is 2.39. The summed E-state index contributed by atoms with van der Waals surface area (Å²) in [6.45, 7) is 0.712. The van der Waals surface area contributed by atoms with Crippen LogP contribution in [0.5, 0.6) is 0 Å². The van der Waals surface area contributed by atoms with Crippen LogP contribution in [0.15, 0.2) is 12.1 Å². The van der Waals surface area contributed by atoms with E-state index < -0.39 is 5.97 Å². The molecule has 1 aliphatic heterocycles. The molecule has 1 aromatic rings. The average molecular weight is 276 g/mol. The van der Waals surface area contributed by atoms with Crippen molar-refractivity contribution >= 4 is 17.7 Å². The van der Waals surface area contributed by atoms with Gasteiger partial charge in [0.1, 0.15) is 5.82 Å². The fraction of sp³-hybridized carbons (Fsp3) is 0.538. The van der Waals surface area contributed by atoms with Crippen molar-refractivity contribution in [2.24, 2.45) is 0 Å². The molecule has 1 saturated carbocycles. The van der Waals surface area contributed by atoms with Gasteiger partial charge < -0.3 is 15.0 Å². The molecule has 3 rings (SSSR count). The lowest BCUT2D eigenvalue weighted by Gasteiger charge is -2.16. The zero-order chi connectivity index (χ0) is 14.1. The Hall–Kier alpha value is -2.18. The number of carbonyl (C=O) groups is 2. The van der Waals surface area contributed by atoms with Crippen LogP contribution in [0.4, 0.5) is 5.82 Å². The first-order valence-corrected chi connectivity index (χ1v) is 6.65. The number of amides is 1. The molecule has 2 heterocycles. The molecule has 7 heteroatoms. The summed E-state index contributed by atoms with van der Waals surface area (Å²) in [6.07, 6.45) is 2.72. The summed E-state index contributed by atoms with van der Waals surface area (Å²) in [5.74, 6) is 0.247. The SMILES string of the molecule is COC(=O)c1ccc(NC2CC(=O)N(C3CC3)C2)nn1. The van der Waals surface area contributed by atoms with E-state index in [1.54, 1.807) is 12.1 Å². The zero-order valence-corrected chi connectivity index (χ0v) is 11.2. The predicted octanol–water partition coefficient (Wildman–Crippen LogP) is 0.438. The van der Waals surface area contributed by atoms with Crippen molar-refractivity contribution in [1.29, 1.82) is 0 Å². The molecule has 1 unspecified atom stereocenters. The Labute approximate surface area is 116 Å². The van der Waals surface area contributed by atoms with Gasteiger partial charge in [-0.1, -0.05) is 0 Å². The highest BCUT2D eigenvalue weighted by molar-refractivity contribution is 5.87. The van der Waals surface area contributed by atoms with Gasteiger partial charge >= 0.3 is 5.97 Å². The van der Waals surface area contributed by atoms with Crippen molar-refractivity contribution in [3.63, 3.8) is 0 Å². The summed E-state index contributed by atoms with van der Waals surface area (Å²) in [5, 5.41) is 10.9. The van der Waals surface area contributed by atoms with Gasteiger partial charge in [-0.3, -0.25) is 4.79 Å². The number of likely N-dealkylation sites (tertiary alicyclic amines) is 1. The summed E-state index contributed by atoms with van der Waals surface area (Å²) in [6, 6.07) is 3.73. The van der Waals surface area contributed by atoms with Crippen LogP contribution in [0.3, 0.4) is 0 Å². The maximum absolute atomic E-state index is 11.8. The minimum atomic E-state index is -0.514. The summed E-state index contributed by atoms with van der Waals surface area (Å²) < 4.78 is 4.56. The fourth-order valence-corrected chi connectivity index (χ4v) is 2.40. The van der Waals surface area contributed by atoms with Crippen molar-refractivity contribution in [3.8, 4) is 0 Å². The number of ether oxygens (including phenoxy) is 1. The molecule has 1 saturated heterocycles. The highest BCUT2D eigenvalue weighted by Crippen LogP contribution is 2.31. The number of hydrogen-bond donors (Lipinski definition) is 1. The molecule has 20 heavy (non-hydrogen) atoms. The smallest absolute Gasteiger partial charge is 0.358 e. The van der Waals surface area contributed by atoms with Crippen molar-refractivity contribution in [3.05, 3.63) is 17.8 Å². The molecule has 0 aromatic carbocycles. The number of methoxy groups -OCH3 is 1. The average Bonchev–Trinajstić information content (AvgIpc) is 3.23. The van der Waals surface area contributed by atoms with E-state index in [1.807, 2.05) is 4.90 Å². The van der Waals surface area contributed by atoms with Crippen molar-refractivity contribution in [2.75, 3.05) is 19.0 Å². The van der Waals surface area contributed by atoms with Crippen LogP contribution in [-0.4, -0.2) is 52.7 Å². The Bertz CT molecular complexity index is 527. The molecular weight excluding hydrogens is 260 g/mol. The van der Waals surface area contributed by atoms with E-state index in [9.17, 15) is 9.59 Å². The van der Waals surface area contributed by atoms with Gasteiger partial charge in [-0.05, 0) is 25.0 Å². The molecule has 1 amide bonds. The predicted molar refractivity (Wildman–Crippen MR) is 70.1 cm³/mol. The summed E-state index contributed by atoms with van der Waals surface area (Å²) in [5.41, 5.74) is 0.167. The van der Waals surface area contributed by atoms with Gasteiger partial charge in [-0.2, -0.15) is 0 Å². The molecule has 2 fully saturated rings. The molecule has 1 aliphatic carbocycles. The van der Waals surface area contributed by atoms with Gasteiger partial charge in [0.15, 0.2) is 5.69 Å². The summed E-state index contributed by atoms with van der Waals surface area (Å²) in [4.78, 5) is 25.0. The molecule has 1 atom stereocenters. The Morgan fingerprint density at radius 2 is 2.20 bits per heavy atom. The molecule has 7 nitrogen and oxygen atoms in total. The second-order valence-corrected chi connectivity index (χ2v) is 5.12. The molecular formula is C13H16N4O3. The normalized spacial score (nSPS) is 21.9. The van der Waals surface area contributed by atoms with E-state index in [-0.39, 0.29) is 17.6 Å². The lowest BCUT2D eigenvalue weighted by Crippen LogP contribution is -2.30. The lowest BCUT2D eigenvalue weighted by atomic mass is 10.2. The third kappa shape index (κ3) is 2.56. The monoisotopic (exact) mass is 276 g/mol. The Balaban J connectivity index is 1.60. The Kier molecular flexibility index (Phi) is 3.25. The largest absolute Gasteiger partial charge is 0.464 e. The Morgan fingerprint density at radius 3 is 2.80 bits per heavy atom. The second kappa shape index (κ2) is 5.07. The lowest BCUT2D eigenvalue weighted by molar-refractivity contribution is -0.128. The zero-order valence-electron chi connectivity index (χ0n) is 11.2. The van der Waals surface area contributed by atoms with Crippen LogP contribution in [0.2, 0.25) is 0 Å². The van der Waals surface area contributed by atoms with Crippen LogP contribution < -0.4 is 5.32 Å². The molecule has 0 radical (unpaired) electrons. The van der Waals surface area contributed by atoms with Crippen LogP contribution in [0, 0.1) is 0 Å². The molecule has 2 aliphatic rings. The molecule has 1 aromatic heterocycles. The van der Waals surface area contributed by atoms with Gasteiger partial charge in [0.25, 0.3) is 0 Å². The van der Waals surface area contributed by atoms with Crippen LogP contribution in [0.1, 0.15) is 29.8 Å². The van der Waals surface area contributed by atoms with Crippen LogP contribution in [-0.2, 0) is 9.53 Å². The number of nitrogens with zero attached hydrogens (tertiary/aromatic N) is 3. The topological polar surface area (TPSA) is 84.4 Å². The van der Waals surface area contributed by atoms with E-state index in [0.717, 1.165) is 12.8 Å². The first-order valence-electron chi connectivity index (χ1n) is 6.65. The fourth-order valence-electron chi connectivity index (χ4n) is 2.40. The number of anilines is 1. The van der Waals surface area contributed by atoms with Crippen molar-refractivity contribution < 1.29 is 14.3 Å².